The molecule has 1 atom stereocenters. The van der Waals surface area contributed by atoms with Gasteiger partial charge in [-0.25, -0.2) is 0 Å². The highest BCUT2D eigenvalue weighted by Crippen LogP contribution is 2.22. The van der Waals surface area contributed by atoms with Crippen molar-refractivity contribution < 1.29 is 22.7 Å². The van der Waals surface area contributed by atoms with Crippen molar-refractivity contribution in [2.75, 3.05) is 6.54 Å². The fourth-order valence-electron chi connectivity index (χ4n) is 1.55. The zero-order valence-electron chi connectivity index (χ0n) is 11.5. The number of nitrogens with one attached hydrogen (secondary N) is 1. The molecule has 1 rings (SSSR count). The zero-order valence-corrected chi connectivity index (χ0v) is 11.5. The van der Waals surface area contributed by atoms with Gasteiger partial charge in [-0.3, -0.25) is 4.79 Å². The van der Waals surface area contributed by atoms with Crippen LogP contribution in [-0.2, 0) is 11.2 Å². The molecule has 0 bridgehead atoms. The molecular formula is C14H18F3NO2. The summed E-state index contributed by atoms with van der Waals surface area (Å²) < 4.78 is 39.7. The normalized spacial score (nSPS) is 12.8. The van der Waals surface area contributed by atoms with Crippen molar-refractivity contribution in [2.45, 2.75) is 33.1 Å². The second-order valence-electron chi connectivity index (χ2n) is 4.54. The number of amides is 1. The third kappa shape index (κ3) is 5.95. The number of alkyl halides is 3. The summed E-state index contributed by atoms with van der Waals surface area (Å²) in [5.74, 6) is -0.285. The van der Waals surface area contributed by atoms with Crippen molar-refractivity contribution in [1.29, 1.82) is 0 Å². The average molecular weight is 289 g/mol. The van der Waals surface area contributed by atoms with E-state index in [1.165, 1.54) is 12.1 Å². The molecule has 0 aliphatic heterocycles. The van der Waals surface area contributed by atoms with E-state index in [0.29, 0.717) is 13.0 Å². The highest BCUT2D eigenvalue weighted by molar-refractivity contribution is 5.78. The highest BCUT2D eigenvalue weighted by Gasteiger charge is 2.30. The first-order valence-corrected chi connectivity index (χ1v) is 6.44. The molecule has 0 fully saturated rings. The Kier molecular flexibility index (Phi) is 5.85. The molecule has 0 radical (unpaired) electrons. The molecule has 1 unspecified atom stereocenters. The third-order valence-corrected chi connectivity index (χ3v) is 2.93. The number of ether oxygens (including phenoxy) is 1. The Bertz CT molecular complexity index is 429. The molecule has 20 heavy (non-hydrogen) atoms. The van der Waals surface area contributed by atoms with Gasteiger partial charge in [0, 0.05) is 12.5 Å². The van der Waals surface area contributed by atoms with Crippen molar-refractivity contribution in [3.8, 4) is 5.75 Å². The van der Waals surface area contributed by atoms with Gasteiger partial charge < -0.3 is 10.1 Å². The Morgan fingerprint density at radius 1 is 1.30 bits per heavy atom. The summed E-state index contributed by atoms with van der Waals surface area (Å²) in [6.07, 6.45) is -3.34. The second-order valence-corrected chi connectivity index (χ2v) is 4.54. The number of benzene rings is 1. The molecule has 0 saturated heterocycles. The Balaban J connectivity index is 2.41. The van der Waals surface area contributed by atoms with E-state index in [2.05, 4.69) is 10.1 Å². The molecular weight excluding hydrogens is 271 g/mol. The molecule has 1 aromatic carbocycles. The first-order chi connectivity index (χ1) is 9.31. The Morgan fingerprint density at radius 2 is 1.90 bits per heavy atom. The Morgan fingerprint density at radius 3 is 2.40 bits per heavy atom. The van der Waals surface area contributed by atoms with Crippen LogP contribution in [0.15, 0.2) is 24.3 Å². The van der Waals surface area contributed by atoms with Crippen LogP contribution in [0.5, 0.6) is 5.75 Å². The third-order valence-electron chi connectivity index (χ3n) is 2.93. The summed E-state index contributed by atoms with van der Waals surface area (Å²) >= 11 is 0. The summed E-state index contributed by atoms with van der Waals surface area (Å²) in [4.78, 5) is 11.5. The lowest BCUT2D eigenvalue weighted by Gasteiger charge is -2.11. The summed E-state index contributed by atoms with van der Waals surface area (Å²) in [5.41, 5.74) is 0.837. The lowest BCUT2D eigenvalue weighted by molar-refractivity contribution is -0.274. The van der Waals surface area contributed by atoms with E-state index in [1.54, 1.807) is 12.1 Å². The smallest absolute Gasteiger partial charge is 0.406 e. The predicted octanol–water partition coefficient (Wildman–Crippen LogP) is 3.29. The van der Waals surface area contributed by atoms with Crippen LogP contribution in [0.2, 0.25) is 0 Å². The largest absolute Gasteiger partial charge is 0.573 e. The summed E-state index contributed by atoms with van der Waals surface area (Å²) in [5, 5.41) is 2.78. The first kappa shape index (κ1) is 16.3. The van der Waals surface area contributed by atoms with Crippen LogP contribution in [0.4, 0.5) is 13.2 Å². The number of rotatable bonds is 6. The van der Waals surface area contributed by atoms with Gasteiger partial charge in [0.25, 0.3) is 0 Å². The van der Waals surface area contributed by atoms with Gasteiger partial charge in [0.1, 0.15) is 5.75 Å². The zero-order chi connectivity index (χ0) is 15.2. The number of hydrogen-bond acceptors (Lipinski definition) is 2. The van der Waals surface area contributed by atoms with E-state index in [9.17, 15) is 18.0 Å². The minimum absolute atomic E-state index is 0.00970. The predicted molar refractivity (Wildman–Crippen MR) is 69.3 cm³/mol. The molecule has 3 nitrogen and oxygen atoms in total. The van der Waals surface area contributed by atoms with E-state index >= 15 is 0 Å². The highest BCUT2D eigenvalue weighted by atomic mass is 19.4. The minimum Gasteiger partial charge on any atom is -0.406 e. The topological polar surface area (TPSA) is 38.3 Å². The monoisotopic (exact) mass is 289 g/mol. The molecule has 0 spiro atoms. The molecule has 1 amide bonds. The van der Waals surface area contributed by atoms with Crippen LogP contribution in [0.25, 0.3) is 0 Å². The van der Waals surface area contributed by atoms with Crippen LogP contribution < -0.4 is 10.1 Å². The van der Waals surface area contributed by atoms with Crippen LogP contribution in [-0.4, -0.2) is 18.8 Å². The average Bonchev–Trinajstić information content (AvgIpc) is 2.38. The maximum atomic E-state index is 12.0. The second kappa shape index (κ2) is 7.17. The van der Waals surface area contributed by atoms with Gasteiger partial charge in [0.2, 0.25) is 5.91 Å². The molecule has 0 aliphatic rings. The van der Waals surface area contributed by atoms with Crippen LogP contribution in [0.3, 0.4) is 0 Å². The molecule has 0 saturated carbocycles. The molecule has 0 heterocycles. The van der Waals surface area contributed by atoms with Gasteiger partial charge in [-0.2, -0.15) is 0 Å². The first-order valence-electron chi connectivity index (χ1n) is 6.44. The van der Waals surface area contributed by atoms with Gasteiger partial charge in [-0.1, -0.05) is 26.0 Å². The van der Waals surface area contributed by atoms with Gasteiger partial charge in [0.05, 0.1) is 0 Å². The van der Waals surface area contributed by atoms with Gasteiger partial charge in [-0.15, -0.1) is 13.2 Å². The summed E-state index contributed by atoms with van der Waals surface area (Å²) in [7, 11) is 0. The number of carbonyl (C=O) groups excluding carboxylic acids is 1. The standard InChI is InChI=1S/C14H18F3NO2/c1-3-10(2)13(19)18-9-8-11-4-6-12(7-5-11)20-14(15,16)17/h4-7,10H,3,8-9H2,1-2H3,(H,18,19). The van der Waals surface area contributed by atoms with Gasteiger partial charge in [-0.05, 0) is 30.5 Å². The molecule has 1 aromatic rings. The van der Waals surface area contributed by atoms with Crippen LogP contribution in [0.1, 0.15) is 25.8 Å². The van der Waals surface area contributed by atoms with Crippen molar-refractivity contribution in [2.24, 2.45) is 5.92 Å². The fraction of sp³-hybridized carbons (Fsp3) is 0.500. The van der Waals surface area contributed by atoms with Gasteiger partial charge >= 0.3 is 6.36 Å². The van der Waals surface area contributed by atoms with Crippen molar-refractivity contribution >= 4 is 5.91 Å². The fourth-order valence-corrected chi connectivity index (χ4v) is 1.55. The molecule has 0 aromatic heterocycles. The Hall–Kier alpha value is -1.72. The Labute approximate surface area is 116 Å². The number of hydrogen-bond donors (Lipinski definition) is 1. The number of halogens is 3. The molecule has 112 valence electrons. The lowest BCUT2D eigenvalue weighted by Crippen LogP contribution is -2.30. The van der Waals surface area contributed by atoms with E-state index < -0.39 is 6.36 Å². The maximum Gasteiger partial charge on any atom is 0.573 e. The number of carbonyl (C=O) groups is 1. The summed E-state index contributed by atoms with van der Waals surface area (Å²) in [6, 6.07) is 5.63. The van der Waals surface area contributed by atoms with Crippen LogP contribution >= 0.6 is 0 Å². The van der Waals surface area contributed by atoms with Crippen molar-refractivity contribution in [1.82, 2.24) is 5.32 Å². The molecule has 1 N–H and O–H groups in total. The summed E-state index contributed by atoms with van der Waals surface area (Å²) in [6.45, 7) is 4.24. The minimum atomic E-state index is -4.67. The SMILES string of the molecule is CCC(C)C(=O)NCCc1ccc(OC(F)(F)F)cc1. The quantitative estimate of drug-likeness (QED) is 0.872. The van der Waals surface area contributed by atoms with E-state index in [0.717, 1.165) is 12.0 Å². The van der Waals surface area contributed by atoms with Crippen molar-refractivity contribution in [3.05, 3.63) is 29.8 Å². The van der Waals surface area contributed by atoms with Gasteiger partial charge in [0.15, 0.2) is 0 Å². The van der Waals surface area contributed by atoms with Crippen molar-refractivity contribution in [3.63, 3.8) is 0 Å². The van der Waals surface area contributed by atoms with E-state index in [1.807, 2.05) is 13.8 Å². The van der Waals surface area contributed by atoms with E-state index in [4.69, 9.17) is 0 Å². The lowest BCUT2D eigenvalue weighted by atomic mass is 10.1. The molecule has 6 heteroatoms. The van der Waals surface area contributed by atoms with Crippen LogP contribution in [0, 0.1) is 5.92 Å². The maximum absolute atomic E-state index is 12.0. The molecule has 0 aliphatic carbocycles. The van der Waals surface area contributed by atoms with E-state index in [-0.39, 0.29) is 17.6 Å².